The average molecular weight is 322 g/mol. The Kier molecular flexibility index (Phi) is 7.06. The van der Waals surface area contributed by atoms with Gasteiger partial charge in [-0.05, 0) is 19.8 Å². The van der Waals surface area contributed by atoms with Crippen LogP contribution in [0.5, 0.6) is 0 Å². The van der Waals surface area contributed by atoms with Crippen LogP contribution in [-0.2, 0) is 15.9 Å². The molecule has 0 aromatic carbocycles. The van der Waals surface area contributed by atoms with Crippen LogP contribution in [-0.4, -0.2) is 25.8 Å². The first-order valence-corrected chi connectivity index (χ1v) is 9.10. The minimum absolute atomic E-state index is 0.181. The molecule has 0 fully saturated rings. The molecular formula is C14H24ClNO3S. The Morgan fingerprint density at radius 2 is 1.75 bits per heavy atom. The summed E-state index contributed by atoms with van der Waals surface area (Å²) in [5.74, 6) is 1.09. The molecule has 1 aromatic heterocycles. The molecule has 0 spiro atoms. The second-order valence-corrected chi connectivity index (χ2v) is 7.05. The molecule has 0 radical (unpaired) electrons. The predicted octanol–water partition coefficient (Wildman–Crippen LogP) is 3.92. The van der Waals surface area contributed by atoms with Crippen molar-refractivity contribution in [3.05, 3.63) is 17.6 Å². The molecule has 1 rings (SSSR count). The summed E-state index contributed by atoms with van der Waals surface area (Å²) < 4.78 is 32.4. The van der Waals surface area contributed by atoms with E-state index in [0.29, 0.717) is 24.6 Å². The Hall–Kier alpha value is -0.520. The molecule has 6 heteroatoms. The van der Waals surface area contributed by atoms with Crippen LogP contribution in [0.1, 0.15) is 51.1 Å². The maximum atomic E-state index is 12.7. The standard InChI is InChI=1S/C14H24ClNO3S/c1-4-6-8-16(9-7-5-2)20(17,18)14-10-13(11-15)19-12(14)3/h10H,4-9,11H2,1-3H3. The Bertz CT molecular complexity index is 502. The molecule has 0 amide bonds. The highest BCUT2D eigenvalue weighted by Crippen LogP contribution is 2.25. The number of alkyl halides is 1. The number of nitrogens with zero attached hydrogens (tertiary/aromatic N) is 1. The molecule has 0 N–H and O–H groups in total. The molecule has 0 aliphatic carbocycles. The third kappa shape index (κ3) is 4.24. The van der Waals surface area contributed by atoms with Gasteiger partial charge in [-0.2, -0.15) is 4.31 Å². The summed E-state index contributed by atoms with van der Waals surface area (Å²) >= 11 is 5.71. The van der Waals surface area contributed by atoms with Crippen LogP contribution in [0.2, 0.25) is 0 Å². The van der Waals surface area contributed by atoms with Gasteiger partial charge in [0.05, 0.1) is 5.88 Å². The van der Waals surface area contributed by atoms with Crippen LogP contribution < -0.4 is 0 Å². The van der Waals surface area contributed by atoms with Crippen molar-refractivity contribution < 1.29 is 12.8 Å². The average Bonchev–Trinajstić information content (AvgIpc) is 2.80. The lowest BCUT2D eigenvalue weighted by atomic mass is 10.3. The van der Waals surface area contributed by atoms with Crippen molar-refractivity contribution in [2.45, 2.75) is 57.2 Å². The quantitative estimate of drug-likeness (QED) is 0.648. The molecule has 0 bridgehead atoms. The number of rotatable bonds is 9. The number of furan rings is 1. The van der Waals surface area contributed by atoms with E-state index < -0.39 is 10.0 Å². The van der Waals surface area contributed by atoms with Crippen LogP contribution in [0.4, 0.5) is 0 Å². The fourth-order valence-corrected chi connectivity index (χ4v) is 3.84. The zero-order valence-electron chi connectivity index (χ0n) is 12.5. The van der Waals surface area contributed by atoms with Gasteiger partial charge in [0.2, 0.25) is 10.0 Å². The first kappa shape index (κ1) is 17.5. The van der Waals surface area contributed by atoms with E-state index in [4.69, 9.17) is 16.0 Å². The molecule has 0 saturated carbocycles. The zero-order chi connectivity index (χ0) is 15.2. The van der Waals surface area contributed by atoms with E-state index in [1.807, 2.05) is 0 Å². The molecule has 0 aliphatic rings. The van der Waals surface area contributed by atoms with Crippen LogP contribution in [0.15, 0.2) is 15.4 Å². The third-order valence-electron chi connectivity index (χ3n) is 3.19. The van der Waals surface area contributed by atoms with Gasteiger partial charge in [0, 0.05) is 19.2 Å². The maximum Gasteiger partial charge on any atom is 0.246 e. The number of hydrogen-bond acceptors (Lipinski definition) is 3. The molecule has 116 valence electrons. The molecule has 1 aromatic rings. The first-order chi connectivity index (χ1) is 9.47. The highest BCUT2D eigenvalue weighted by molar-refractivity contribution is 7.89. The molecule has 0 atom stereocenters. The Morgan fingerprint density at radius 1 is 1.20 bits per heavy atom. The van der Waals surface area contributed by atoms with Gasteiger partial charge in [-0.15, -0.1) is 11.6 Å². The highest BCUT2D eigenvalue weighted by atomic mass is 35.5. The van der Waals surface area contributed by atoms with Crippen molar-refractivity contribution in [3.63, 3.8) is 0 Å². The van der Waals surface area contributed by atoms with E-state index in [1.54, 1.807) is 17.3 Å². The van der Waals surface area contributed by atoms with Crippen molar-refractivity contribution in [1.29, 1.82) is 0 Å². The van der Waals surface area contributed by atoms with Gasteiger partial charge in [-0.25, -0.2) is 8.42 Å². The Morgan fingerprint density at radius 3 is 2.15 bits per heavy atom. The summed E-state index contributed by atoms with van der Waals surface area (Å²) in [4.78, 5) is 0.250. The van der Waals surface area contributed by atoms with Crippen molar-refractivity contribution >= 4 is 21.6 Å². The number of aryl methyl sites for hydroxylation is 1. The Labute approximate surface area is 127 Å². The topological polar surface area (TPSA) is 50.5 Å². The highest BCUT2D eigenvalue weighted by Gasteiger charge is 2.27. The summed E-state index contributed by atoms with van der Waals surface area (Å²) in [6.45, 7) is 6.89. The molecule has 20 heavy (non-hydrogen) atoms. The van der Waals surface area contributed by atoms with Gasteiger partial charge >= 0.3 is 0 Å². The lowest BCUT2D eigenvalue weighted by Gasteiger charge is -2.21. The van der Waals surface area contributed by atoms with Crippen molar-refractivity contribution in [3.8, 4) is 0 Å². The minimum Gasteiger partial charge on any atom is -0.464 e. The number of hydrogen-bond donors (Lipinski definition) is 0. The summed E-state index contributed by atoms with van der Waals surface area (Å²) in [5.41, 5.74) is 0. The number of halogens is 1. The summed E-state index contributed by atoms with van der Waals surface area (Å²) in [6.07, 6.45) is 3.66. The maximum absolute atomic E-state index is 12.7. The molecule has 0 unspecified atom stereocenters. The van der Waals surface area contributed by atoms with Crippen molar-refractivity contribution in [2.24, 2.45) is 0 Å². The van der Waals surface area contributed by atoms with Gasteiger partial charge in [-0.1, -0.05) is 26.7 Å². The van der Waals surface area contributed by atoms with Gasteiger partial charge in [0.1, 0.15) is 16.4 Å². The summed E-state index contributed by atoms with van der Waals surface area (Å²) in [5, 5.41) is 0. The van der Waals surface area contributed by atoms with Gasteiger partial charge in [0.25, 0.3) is 0 Å². The molecule has 1 heterocycles. The van der Waals surface area contributed by atoms with Gasteiger partial charge < -0.3 is 4.42 Å². The Balaban J connectivity index is 3.03. The minimum atomic E-state index is -3.48. The van der Waals surface area contributed by atoms with E-state index >= 15 is 0 Å². The molecular weight excluding hydrogens is 298 g/mol. The van der Waals surface area contributed by atoms with Crippen molar-refractivity contribution in [2.75, 3.05) is 13.1 Å². The smallest absolute Gasteiger partial charge is 0.246 e. The largest absolute Gasteiger partial charge is 0.464 e. The monoisotopic (exact) mass is 321 g/mol. The zero-order valence-corrected chi connectivity index (χ0v) is 14.1. The van der Waals surface area contributed by atoms with Crippen molar-refractivity contribution in [1.82, 2.24) is 4.31 Å². The van der Waals surface area contributed by atoms with Crippen LogP contribution >= 0.6 is 11.6 Å². The molecule has 4 nitrogen and oxygen atoms in total. The predicted molar refractivity (Wildman–Crippen MR) is 81.6 cm³/mol. The lowest BCUT2D eigenvalue weighted by molar-refractivity contribution is 0.393. The number of sulfonamides is 1. The fourth-order valence-electron chi connectivity index (χ4n) is 2.01. The van der Waals surface area contributed by atoms with Crippen LogP contribution in [0.3, 0.4) is 0 Å². The van der Waals surface area contributed by atoms with E-state index in [2.05, 4.69) is 13.8 Å². The number of unbranched alkanes of at least 4 members (excludes halogenated alkanes) is 2. The molecule has 0 aliphatic heterocycles. The summed E-state index contributed by atoms with van der Waals surface area (Å²) in [7, 11) is -3.48. The van der Waals surface area contributed by atoms with E-state index in [9.17, 15) is 8.42 Å². The second kappa shape index (κ2) is 8.05. The van der Waals surface area contributed by atoms with E-state index in [-0.39, 0.29) is 10.8 Å². The first-order valence-electron chi connectivity index (χ1n) is 7.12. The summed E-state index contributed by atoms with van der Waals surface area (Å²) in [6, 6.07) is 1.54. The van der Waals surface area contributed by atoms with Gasteiger partial charge in [-0.3, -0.25) is 0 Å². The van der Waals surface area contributed by atoms with Gasteiger partial charge in [0.15, 0.2) is 0 Å². The van der Waals surface area contributed by atoms with Crippen LogP contribution in [0, 0.1) is 6.92 Å². The molecule has 0 saturated heterocycles. The second-order valence-electron chi connectivity index (χ2n) is 4.88. The SMILES string of the molecule is CCCCN(CCCC)S(=O)(=O)c1cc(CCl)oc1C. The van der Waals surface area contributed by atoms with Crippen LogP contribution in [0.25, 0.3) is 0 Å². The lowest BCUT2D eigenvalue weighted by Crippen LogP contribution is -2.33. The fraction of sp³-hybridized carbons (Fsp3) is 0.714. The normalized spacial score (nSPS) is 12.2. The van der Waals surface area contributed by atoms with E-state index in [1.165, 1.54) is 0 Å². The third-order valence-corrected chi connectivity index (χ3v) is 5.46. The van der Waals surface area contributed by atoms with E-state index in [0.717, 1.165) is 25.7 Å².